The van der Waals surface area contributed by atoms with Crippen molar-refractivity contribution < 1.29 is 14.0 Å². The van der Waals surface area contributed by atoms with E-state index in [0.717, 1.165) is 32.7 Å². The number of hydrogen-bond donors (Lipinski definition) is 1. The lowest BCUT2D eigenvalue weighted by Gasteiger charge is -2.34. The van der Waals surface area contributed by atoms with E-state index in [1.165, 1.54) is 6.26 Å². The van der Waals surface area contributed by atoms with Crippen LogP contribution in [0.25, 0.3) is 0 Å². The van der Waals surface area contributed by atoms with Crippen molar-refractivity contribution in [1.29, 1.82) is 0 Å². The molecule has 0 radical (unpaired) electrons. The first-order chi connectivity index (χ1) is 9.70. The molecule has 1 aromatic heterocycles. The summed E-state index contributed by atoms with van der Waals surface area (Å²) in [6, 6.07) is 3.26. The van der Waals surface area contributed by atoms with Crippen molar-refractivity contribution in [3.63, 3.8) is 0 Å². The van der Waals surface area contributed by atoms with Crippen LogP contribution in [-0.4, -0.2) is 60.9 Å². The molecule has 1 aromatic rings. The molecule has 110 valence electrons. The van der Waals surface area contributed by atoms with Crippen molar-refractivity contribution >= 4 is 11.8 Å². The van der Waals surface area contributed by atoms with E-state index in [0.29, 0.717) is 13.0 Å². The Morgan fingerprint density at radius 2 is 2.05 bits per heavy atom. The molecule has 1 aliphatic heterocycles. The van der Waals surface area contributed by atoms with Crippen LogP contribution in [0.15, 0.2) is 22.8 Å². The van der Waals surface area contributed by atoms with E-state index in [-0.39, 0.29) is 17.6 Å². The molecule has 1 aliphatic rings. The van der Waals surface area contributed by atoms with Crippen LogP contribution < -0.4 is 5.32 Å². The molecule has 6 heteroatoms. The Morgan fingerprint density at radius 1 is 1.30 bits per heavy atom. The quantitative estimate of drug-likeness (QED) is 0.855. The molecule has 1 saturated heterocycles. The average Bonchev–Trinajstić information content (AvgIpc) is 3.01. The molecule has 2 heterocycles. The van der Waals surface area contributed by atoms with Gasteiger partial charge in [-0.2, -0.15) is 0 Å². The molecule has 0 atom stereocenters. The number of nitrogens with zero attached hydrogens (tertiary/aromatic N) is 2. The molecule has 0 aliphatic carbocycles. The van der Waals surface area contributed by atoms with Crippen molar-refractivity contribution in [3.8, 4) is 0 Å². The van der Waals surface area contributed by atoms with Crippen LogP contribution in [0, 0.1) is 0 Å². The fourth-order valence-corrected chi connectivity index (χ4v) is 2.25. The molecule has 6 nitrogen and oxygen atoms in total. The smallest absolute Gasteiger partial charge is 0.286 e. The van der Waals surface area contributed by atoms with Crippen LogP contribution in [0.5, 0.6) is 0 Å². The number of likely N-dealkylation sites (N-methyl/N-ethyl adjacent to an activating group) is 1. The fourth-order valence-electron chi connectivity index (χ4n) is 2.25. The van der Waals surface area contributed by atoms with Gasteiger partial charge in [0.25, 0.3) is 5.91 Å². The Hall–Kier alpha value is -1.82. The van der Waals surface area contributed by atoms with Crippen LogP contribution in [0.2, 0.25) is 0 Å². The van der Waals surface area contributed by atoms with Crippen molar-refractivity contribution in [2.24, 2.45) is 0 Å². The molecular formula is C14H21N3O3. The van der Waals surface area contributed by atoms with Gasteiger partial charge in [0.1, 0.15) is 0 Å². The predicted molar refractivity (Wildman–Crippen MR) is 74.4 cm³/mol. The van der Waals surface area contributed by atoms with Crippen molar-refractivity contribution in [2.45, 2.75) is 13.3 Å². The zero-order valence-corrected chi connectivity index (χ0v) is 11.8. The summed E-state index contributed by atoms with van der Waals surface area (Å²) < 4.78 is 4.98. The lowest BCUT2D eigenvalue weighted by molar-refractivity contribution is -0.132. The van der Waals surface area contributed by atoms with Gasteiger partial charge in [0.05, 0.1) is 6.26 Å². The number of nitrogens with one attached hydrogen (secondary N) is 1. The third kappa shape index (κ3) is 3.84. The molecular weight excluding hydrogens is 258 g/mol. The minimum absolute atomic E-state index is 0.0977. The van der Waals surface area contributed by atoms with Crippen LogP contribution in [0.3, 0.4) is 0 Å². The number of carbonyl (C=O) groups is 2. The molecule has 1 fully saturated rings. The Labute approximate surface area is 118 Å². The van der Waals surface area contributed by atoms with E-state index in [1.807, 2.05) is 4.90 Å². The van der Waals surface area contributed by atoms with Gasteiger partial charge < -0.3 is 19.5 Å². The first-order valence-electron chi connectivity index (χ1n) is 7.02. The van der Waals surface area contributed by atoms with E-state index in [4.69, 9.17) is 4.42 Å². The number of piperazine rings is 1. The second-order valence-electron chi connectivity index (χ2n) is 4.80. The summed E-state index contributed by atoms with van der Waals surface area (Å²) in [4.78, 5) is 27.8. The maximum atomic E-state index is 12.0. The van der Waals surface area contributed by atoms with E-state index in [1.54, 1.807) is 12.1 Å². The Bertz CT molecular complexity index is 437. The van der Waals surface area contributed by atoms with E-state index in [9.17, 15) is 9.59 Å². The first kappa shape index (κ1) is 14.6. The topological polar surface area (TPSA) is 65.8 Å². The van der Waals surface area contributed by atoms with E-state index < -0.39 is 0 Å². The maximum Gasteiger partial charge on any atom is 0.286 e. The van der Waals surface area contributed by atoms with Crippen LogP contribution in [0.1, 0.15) is 23.9 Å². The summed E-state index contributed by atoms with van der Waals surface area (Å²) in [6.45, 7) is 6.91. The van der Waals surface area contributed by atoms with Crippen LogP contribution >= 0.6 is 0 Å². The normalized spacial score (nSPS) is 16.1. The number of carbonyl (C=O) groups excluding carboxylic acids is 2. The first-order valence-corrected chi connectivity index (χ1v) is 7.02. The number of rotatable bonds is 5. The maximum absolute atomic E-state index is 12.0. The summed E-state index contributed by atoms with van der Waals surface area (Å²) in [5.41, 5.74) is 0. The number of amides is 2. The average molecular weight is 279 g/mol. The van der Waals surface area contributed by atoms with Gasteiger partial charge in [-0.3, -0.25) is 9.59 Å². The van der Waals surface area contributed by atoms with Crippen molar-refractivity contribution in [2.75, 3.05) is 39.3 Å². The molecule has 0 spiro atoms. The molecule has 2 amide bonds. The summed E-state index contributed by atoms with van der Waals surface area (Å²) in [5.74, 6) is 0.0908. The molecule has 1 N–H and O–H groups in total. The van der Waals surface area contributed by atoms with Crippen molar-refractivity contribution in [1.82, 2.24) is 15.1 Å². The third-order valence-corrected chi connectivity index (χ3v) is 3.54. The van der Waals surface area contributed by atoms with Crippen LogP contribution in [-0.2, 0) is 4.79 Å². The minimum atomic E-state index is -0.279. The SMILES string of the molecule is CCN1CCN(C(=O)CCNC(=O)c2ccco2)CC1. The molecule has 0 aromatic carbocycles. The molecule has 2 rings (SSSR count). The van der Waals surface area contributed by atoms with Gasteiger partial charge >= 0.3 is 0 Å². The van der Waals surface area contributed by atoms with Gasteiger partial charge in [-0.25, -0.2) is 0 Å². The molecule has 0 bridgehead atoms. The second kappa shape index (κ2) is 7.09. The second-order valence-corrected chi connectivity index (χ2v) is 4.80. The van der Waals surface area contributed by atoms with Gasteiger partial charge in [-0.1, -0.05) is 6.92 Å². The zero-order valence-electron chi connectivity index (χ0n) is 11.8. The standard InChI is InChI=1S/C14H21N3O3/c1-2-16-7-9-17(10-8-16)13(18)5-6-15-14(19)12-4-3-11-20-12/h3-4,11H,2,5-10H2,1H3,(H,15,19). The Kier molecular flexibility index (Phi) is 5.17. The highest BCUT2D eigenvalue weighted by atomic mass is 16.3. The predicted octanol–water partition coefficient (Wildman–Crippen LogP) is 0.564. The summed E-state index contributed by atoms with van der Waals surface area (Å²) in [5, 5.41) is 2.68. The zero-order chi connectivity index (χ0) is 14.4. The Morgan fingerprint density at radius 3 is 2.65 bits per heavy atom. The van der Waals surface area contributed by atoms with Crippen LogP contribution in [0.4, 0.5) is 0 Å². The summed E-state index contributed by atoms with van der Waals surface area (Å²) >= 11 is 0. The van der Waals surface area contributed by atoms with Gasteiger partial charge in [-0.15, -0.1) is 0 Å². The van der Waals surface area contributed by atoms with Gasteiger partial charge in [0.15, 0.2) is 5.76 Å². The van der Waals surface area contributed by atoms with Crippen molar-refractivity contribution in [3.05, 3.63) is 24.2 Å². The van der Waals surface area contributed by atoms with Gasteiger partial charge in [0.2, 0.25) is 5.91 Å². The summed E-state index contributed by atoms with van der Waals surface area (Å²) in [6.07, 6.45) is 1.78. The number of furan rings is 1. The highest BCUT2D eigenvalue weighted by molar-refractivity contribution is 5.91. The highest BCUT2D eigenvalue weighted by Crippen LogP contribution is 2.03. The van der Waals surface area contributed by atoms with E-state index >= 15 is 0 Å². The molecule has 0 unspecified atom stereocenters. The monoisotopic (exact) mass is 279 g/mol. The summed E-state index contributed by atoms with van der Waals surface area (Å²) in [7, 11) is 0. The largest absolute Gasteiger partial charge is 0.459 e. The lowest BCUT2D eigenvalue weighted by atomic mass is 10.2. The lowest BCUT2D eigenvalue weighted by Crippen LogP contribution is -2.49. The molecule has 20 heavy (non-hydrogen) atoms. The molecule has 0 saturated carbocycles. The minimum Gasteiger partial charge on any atom is -0.459 e. The Balaban J connectivity index is 1.67. The van der Waals surface area contributed by atoms with Gasteiger partial charge in [-0.05, 0) is 18.7 Å². The van der Waals surface area contributed by atoms with Gasteiger partial charge in [0, 0.05) is 39.1 Å². The number of hydrogen-bond acceptors (Lipinski definition) is 4. The third-order valence-electron chi connectivity index (χ3n) is 3.54. The highest BCUT2D eigenvalue weighted by Gasteiger charge is 2.19. The van der Waals surface area contributed by atoms with E-state index in [2.05, 4.69) is 17.1 Å². The fraction of sp³-hybridized carbons (Fsp3) is 0.571.